The summed E-state index contributed by atoms with van der Waals surface area (Å²) in [6, 6.07) is 16.6. The maximum Gasteiger partial charge on any atom is 0.277 e. The van der Waals surface area contributed by atoms with E-state index in [1.54, 1.807) is 44.3 Å². The first-order valence-corrected chi connectivity index (χ1v) is 9.18. The minimum Gasteiger partial charge on any atom is -0.307 e. The number of amides is 1. The highest BCUT2D eigenvalue weighted by atomic mass is 127. The molecule has 1 aliphatic heterocycles. The Kier molecular flexibility index (Phi) is 4.40. The third kappa shape index (κ3) is 2.86. The Morgan fingerprint density at radius 2 is 1.73 bits per heavy atom. The van der Waals surface area contributed by atoms with Crippen LogP contribution in [0.5, 0.6) is 0 Å². The second-order valence-electron chi connectivity index (χ2n) is 6.00. The van der Waals surface area contributed by atoms with E-state index in [1.165, 1.54) is 0 Å². The third-order valence-electron chi connectivity index (χ3n) is 4.41. The number of hydrogen-bond donors (Lipinski definition) is 0. The third-order valence-corrected chi connectivity index (χ3v) is 4.92. The molecule has 0 unspecified atom stereocenters. The van der Waals surface area contributed by atoms with E-state index in [1.807, 2.05) is 42.5 Å². The van der Waals surface area contributed by atoms with Crippen LogP contribution in [0.15, 0.2) is 54.6 Å². The number of rotatable bonds is 3. The second-order valence-corrected chi connectivity index (χ2v) is 6.97. The van der Waals surface area contributed by atoms with Crippen molar-refractivity contribution in [3.05, 3.63) is 71.5 Å². The smallest absolute Gasteiger partial charge is 0.277 e. The van der Waals surface area contributed by atoms with Gasteiger partial charge in [0.25, 0.3) is 5.91 Å². The molecule has 0 spiro atoms. The summed E-state index contributed by atoms with van der Waals surface area (Å²) < 4.78 is 1.41. The van der Waals surface area contributed by atoms with Gasteiger partial charge in [-0.1, -0.05) is 35.8 Å². The van der Waals surface area contributed by atoms with Crippen LogP contribution in [0.4, 0.5) is 5.69 Å². The Labute approximate surface area is 165 Å². The summed E-state index contributed by atoms with van der Waals surface area (Å²) in [5.41, 5.74) is 3.68. The van der Waals surface area contributed by atoms with Crippen molar-refractivity contribution in [3.63, 3.8) is 0 Å². The summed E-state index contributed by atoms with van der Waals surface area (Å²) in [4.78, 5) is 27.0. The molecule has 126 valence electrons. The van der Waals surface area contributed by atoms with E-state index in [0.29, 0.717) is 35.4 Å². The van der Waals surface area contributed by atoms with Crippen molar-refractivity contribution in [3.8, 4) is 5.69 Å². The van der Waals surface area contributed by atoms with Crippen molar-refractivity contribution in [2.45, 2.75) is 6.42 Å². The first kappa shape index (κ1) is 17.0. The number of benzene rings is 2. The first-order chi connectivity index (χ1) is 12.6. The number of halogens is 1. The molecule has 2 aromatic carbocycles. The Hall–Kier alpha value is -2.42. The fraction of sp³-hybridized carbons (Fsp3) is 0.105. The Morgan fingerprint density at radius 1 is 1.04 bits per heavy atom. The maximum absolute atomic E-state index is 13.3. The Balaban J connectivity index is 1.85. The summed E-state index contributed by atoms with van der Waals surface area (Å²) in [5.74, 6) is -0.170. The lowest BCUT2D eigenvalue weighted by atomic mass is 9.96. The number of carbonyl (C=O) groups is 2. The summed E-state index contributed by atoms with van der Waals surface area (Å²) in [6.07, 6.45) is 0.572. The molecule has 2 radical (unpaired) electrons. The fourth-order valence-corrected chi connectivity index (χ4v) is 3.61. The van der Waals surface area contributed by atoms with Crippen LogP contribution < -0.4 is 10.4 Å². The van der Waals surface area contributed by atoms with Crippen molar-refractivity contribution in [2.75, 3.05) is 11.4 Å². The van der Waals surface area contributed by atoms with Crippen molar-refractivity contribution in [1.82, 2.24) is 9.78 Å². The number of fused-ring (bicyclic) bond motifs is 1. The van der Waals surface area contributed by atoms with Crippen LogP contribution in [0.1, 0.15) is 26.5 Å². The van der Waals surface area contributed by atoms with Gasteiger partial charge in [0, 0.05) is 40.4 Å². The number of anilines is 1. The molecule has 1 amide bonds. The molecule has 0 bridgehead atoms. The van der Waals surface area contributed by atoms with Gasteiger partial charge in [-0.05, 0) is 30.7 Å². The van der Waals surface area contributed by atoms with E-state index in [9.17, 15) is 9.59 Å². The van der Waals surface area contributed by atoms with Gasteiger partial charge >= 0.3 is 0 Å². The molecule has 5 nitrogen and oxygen atoms in total. The van der Waals surface area contributed by atoms with Crippen LogP contribution in [0.3, 0.4) is 0 Å². The van der Waals surface area contributed by atoms with Gasteiger partial charge in [-0.3, -0.25) is 9.59 Å². The number of carbonyl (C=O) groups excluding carboxylic acids is 2. The molecular formula is C19H13BIN3O2. The van der Waals surface area contributed by atoms with E-state index in [4.69, 9.17) is 7.85 Å². The van der Waals surface area contributed by atoms with Crippen LogP contribution in [0.2, 0.25) is 0 Å². The van der Waals surface area contributed by atoms with Crippen molar-refractivity contribution >= 4 is 51.3 Å². The van der Waals surface area contributed by atoms with Crippen LogP contribution in [0, 0.1) is 0 Å². The largest absolute Gasteiger partial charge is 0.307 e. The summed E-state index contributed by atoms with van der Waals surface area (Å²) in [5, 5.41) is 4.45. The summed E-state index contributed by atoms with van der Waals surface area (Å²) in [7, 11) is 5.75. The quantitative estimate of drug-likeness (QED) is 0.348. The topological polar surface area (TPSA) is 55.2 Å². The minimum absolute atomic E-state index is 0.165. The highest BCUT2D eigenvalue weighted by Crippen LogP contribution is 2.29. The average Bonchev–Trinajstić information content (AvgIpc) is 3.05. The molecule has 7 heteroatoms. The SMILES string of the molecule is [B]c1ccc(N2CCc3c(C(=O)I)nn(-c4ccccc4)c3C2=O)cc1. The lowest BCUT2D eigenvalue weighted by Crippen LogP contribution is -2.39. The monoisotopic (exact) mass is 453 g/mol. The standard InChI is InChI=1S/C19H13BIN3O2/c20-12-6-8-13(9-7-12)23-11-10-15-16(18(21)25)22-24(17(15)19(23)26)14-4-2-1-3-5-14/h1-9H,10-11H2. The predicted molar refractivity (Wildman–Crippen MR) is 109 cm³/mol. The maximum atomic E-state index is 13.3. The highest BCUT2D eigenvalue weighted by Gasteiger charge is 2.34. The molecule has 0 aliphatic carbocycles. The molecule has 2 heterocycles. The number of para-hydroxylation sites is 1. The van der Waals surface area contributed by atoms with Gasteiger partial charge in [-0.2, -0.15) is 5.10 Å². The van der Waals surface area contributed by atoms with E-state index in [2.05, 4.69) is 5.10 Å². The second kappa shape index (κ2) is 6.72. The van der Waals surface area contributed by atoms with Crippen molar-refractivity contribution < 1.29 is 9.59 Å². The van der Waals surface area contributed by atoms with E-state index >= 15 is 0 Å². The lowest BCUT2D eigenvalue weighted by Gasteiger charge is -2.27. The zero-order chi connectivity index (χ0) is 18.3. The highest BCUT2D eigenvalue weighted by molar-refractivity contribution is 14.1. The van der Waals surface area contributed by atoms with Gasteiger partial charge < -0.3 is 4.90 Å². The van der Waals surface area contributed by atoms with Gasteiger partial charge in [0.1, 0.15) is 19.2 Å². The Morgan fingerprint density at radius 3 is 2.38 bits per heavy atom. The molecule has 4 rings (SSSR count). The predicted octanol–water partition coefficient (Wildman–Crippen LogP) is 2.44. The van der Waals surface area contributed by atoms with Gasteiger partial charge in [-0.25, -0.2) is 4.68 Å². The normalized spacial score (nSPS) is 13.6. The minimum atomic E-state index is -0.170. The first-order valence-electron chi connectivity index (χ1n) is 8.11. The van der Waals surface area contributed by atoms with E-state index in [0.717, 1.165) is 11.4 Å². The van der Waals surface area contributed by atoms with Crippen LogP contribution in [-0.2, 0) is 6.42 Å². The van der Waals surface area contributed by atoms with Crippen molar-refractivity contribution in [2.24, 2.45) is 0 Å². The molecule has 26 heavy (non-hydrogen) atoms. The molecular weight excluding hydrogens is 440 g/mol. The number of hydrogen-bond acceptors (Lipinski definition) is 3. The molecule has 0 saturated heterocycles. The number of aromatic nitrogens is 2. The average molecular weight is 453 g/mol. The van der Waals surface area contributed by atoms with Gasteiger partial charge in [-0.15, -0.1) is 0 Å². The van der Waals surface area contributed by atoms with Gasteiger partial charge in [0.2, 0.25) is 3.79 Å². The van der Waals surface area contributed by atoms with Crippen LogP contribution in [-0.4, -0.2) is 33.9 Å². The molecule has 3 aromatic rings. The molecule has 0 saturated carbocycles. The Bertz CT molecular complexity index is 1000. The lowest BCUT2D eigenvalue weighted by molar-refractivity contribution is 0.0973. The molecule has 0 fully saturated rings. The van der Waals surface area contributed by atoms with Crippen LogP contribution >= 0.6 is 22.6 Å². The molecule has 0 atom stereocenters. The molecule has 1 aromatic heterocycles. The van der Waals surface area contributed by atoms with Gasteiger partial charge in [0.15, 0.2) is 0 Å². The molecule has 0 N–H and O–H groups in total. The summed E-state index contributed by atoms with van der Waals surface area (Å²) in [6.45, 7) is 0.493. The van der Waals surface area contributed by atoms with E-state index < -0.39 is 0 Å². The van der Waals surface area contributed by atoms with Gasteiger partial charge in [0.05, 0.1) is 5.69 Å². The summed E-state index contributed by atoms with van der Waals surface area (Å²) >= 11 is 1.72. The zero-order valence-corrected chi connectivity index (χ0v) is 15.9. The molecule has 1 aliphatic rings. The van der Waals surface area contributed by atoms with Crippen molar-refractivity contribution in [1.29, 1.82) is 0 Å². The number of nitrogens with zero attached hydrogens (tertiary/aromatic N) is 3. The van der Waals surface area contributed by atoms with E-state index in [-0.39, 0.29) is 9.70 Å². The fourth-order valence-electron chi connectivity index (χ4n) is 3.17. The van der Waals surface area contributed by atoms with Crippen LogP contribution in [0.25, 0.3) is 5.69 Å². The zero-order valence-electron chi connectivity index (χ0n) is 13.7.